The van der Waals surface area contributed by atoms with Crippen LogP contribution in [-0.2, 0) is 11.2 Å². The monoisotopic (exact) mass is 378 g/mol. The summed E-state index contributed by atoms with van der Waals surface area (Å²) in [4.78, 5) is 11.4. The molecule has 0 saturated heterocycles. The SMILES string of the molecule is COc1ccc(CC(=O)C(C(F)(F)F)C(F)(F)F)cc1Br. The lowest BCUT2D eigenvalue weighted by atomic mass is 9.96. The third-order valence-corrected chi connectivity index (χ3v) is 3.19. The molecule has 21 heavy (non-hydrogen) atoms. The molecular formula is C12H9BrF6O2. The van der Waals surface area contributed by atoms with Gasteiger partial charge in [-0.3, -0.25) is 4.79 Å². The first kappa shape index (κ1) is 17.8. The van der Waals surface area contributed by atoms with E-state index in [9.17, 15) is 31.1 Å². The molecule has 0 aliphatic carbocycles. The summed E-state index contributed by atoms with van der Waals surface area (Å²) < 4.78 is 79.6. The van der Waals surface area contributed by atoms with E-state index in [2.05, 4.69) is 15.9 Å². The largest absolute Gasteiger partial charge is 0.496 e. The molecule has 118 valence electrons. The van der Waals surface area contributed by atoms with E-state index in [-0.39, 0.29) is 5.56 Å². The van der Waals surface area contributed by atoms with Crippen LogP contribution in [0.4, 0.5) is 26.3 Å². The fourth-order valence-electron chi connectivity index (χ4n) is 1.67. The molecule has 0 N–H and O–H groups in total. The second-order valence-corrected chi connectivity index (χ2v) is 4.98. The van der Waals surface area contributed by atoms with Crippen molar-refractivity contribution in [2.45, 2.75) is 18.8 Å². The first-order valence-corrected chi connectivity index (χ1v) is 6.24. The van der Waals surface area contributed by atoms with Crippen molar-refractivity contribution in [1.82, 2.24) is 0 Å². The van der Waals surface area contributed by atoms with Crippen LogP contribution in [0.1, 0.15) is 5.56 Å². The Labute approximate surface area is 124 Å². The lowest BCUT2D eigenvalue weighted by Crippen LogP contribution is -2.43. The van der Waals surface area contributed by atoms with Gasteiger partial charge in [0.15, 0.2) is 5.78 Å². The Hall–Kier alpha value is -1.25. The maximum Gasteiger partial charge on any atom is 0.407 e. The van der Waals surface area contributed by atoms with Crippen LogP contribution in [0.5, 0.6) is 5.75 Å². The van der Waals surface area contributed by atoms with Gasteiger partial charge in [0, 0.05) is 6.42 Å². The van der Waals surface area contributed by atoms with Gasteiger partial charge in [-0.25, -0.2) is 0 Å². The van der Waals surface area contributed by atoms with Crippen molar-refractivity contribution in [3.8, 4) is 5.75 Å². The van der Waals surface area contributed by atoms with E-state index in [1.54, 1.807) is 0 Å². The molecule has 0 saturated carbocycles. The summed E-state index contributed by atoms with van der Waals surface area (Å²) in [5, 5.41) is 0. The molecule has 0 aliphatic heterocycles. The maximum absolute atomic E-state index is 12.4. The molecule has 1 aromatic rings. The highest BCUT2D eigenvalue weighted by atomic mass is 79.9. The van der Waals surface area contributed by atoms with Crippen molar-refractivity contribution >= 4 is 21.7 Å². The molecule has 0 heterocycles. The van der Waals surface area contributed by atoms with Crippen LogP contribution in [0.3, 0.4) is 0 Å². The standard InChI is InChI=1S/C12H9BrF6O2/c1-21-9-3-2-6(4-7(9)13)5-8(20)10(11(14,15)16)12(17,18)19/h2-4,10H,5H2,1H3. The van der Waals surface area contributed by atoms with Gasteiger partial charge in [-0.1, -0.05) is 6.07 Å². The highest BCUT2D eigenvalue weighted by Gasteiger charge is 2.60. The molecular weight excluding hydrogens is 370 g/mol. The normalized spacial score (nSPS) is 12.6. The second kappa shape index (κ2) is 6.25. The van der Waals surface area contributed by atoms with Crippen LogP contribution in [0.2, 0.25) is 0 Å². The van der Waals surface area contributed by atoms with Gasteiger partial charge in [-0.15, -0.1) is 0 Å². The van der Waals surface area contributed by atoms with Crippen molar-refractivity contribution in [3.05, 3.63) is 28.2 Å². The molecule has 9 heteroatoms. The Morgan fingerprint density at radius 1 is 1.19 bits per heavy atom. The van der Waals surface area contributed by atoms with Crippen molar-refractivity contribution in [2.75, 3.05) is 7.11 Å². The summed E-state index contributed by atoms with van der Waals surface area (Å²) in [6, 6.07) is 3.80. The number of Topliss-reactive ketones (excluding diaryl/α,β-unsaturated/α-hetero) is 1. The first-order chi connectivity index (χ1) is 9.46. The summed E-state index contributed by atoms with van der Waals surface area (Å²) in [6.45, 7) is 0. The number of ketones is 1. The Bertz CT molecular complexity index is 509. The van der Waals surface area contributed by atoms with Gasteiger partial charge in [-0.2, -0.15) is 26.3 Å². The Kier molecular flexibility index (Phi) is 5.30. The number of rotatable bonds is 4. The van der Waals surface area contributed by atoms with Gasteiger partial charge in [0.1, 0.15) is 5.75 Å². The number of halogens is 7. The third-order valence-electron chi connectivity index (χ3n) is 2.57. The van der Waals surface area contributed by atoms with Crippen molar-refractivity contribution in [3.63, 3.8) is 0 Å². The molecule has 0 bridgehead atoms. The molecule has 0 unspecified atom stereocenters. The Balaban J connectivity index is 3.00. The van der Waals surface area contributed by atoms with Crippen molar-refractivity contribution < 1.29 is 35.9 Å². The maximum atomic E-state index is 12.4. The van der Waals surface area contributed by atoms with Gasteiger partial charge in [-0.05, 0) is 33.6 Å². The summed E-state index contributed by atoms with van der Waals surface area (Å²) in [5.41, 5.74) is 0.0196. The lowest BCUT2D eigenvalue weighted by molar-refractivity contribution is -0.273. The minimum atomic E-state index is -5.67. The van der Waals surface area contributed by atoms with Crippen LogP contribution in [0, 0.1) is 5.92 Å². The van der Waals surface area contributed by atoms with E-state index in [4.69, 9.17) is 4.74 Å². The first-order valence-electron chi connectivity index (χ1n) is 5.45. The quantitative estimate of drug-likeness (QED) is 0.729. The molecule has 1 aromatic carbocycles. The topological polar surface area (TPSA) is 26.3 Å². The zero-order valence-corrected chi connectivity index (χ0v) is 12.1. The lowest BCUT2D eigenvalue weighted by Gasteiger charge is -2.21. The highest BCUT2D eigenvalue weighted by Crippen LogP contribution is 2.40. The molecule has 1 rings (SSSR count). The molecule has 0 spiro atoms. The van der Waals surface area contributed by atoms with Crippen LogP contribution in [-0.4, -0.2) is 25.2 Å². The number of benzene rings is 1. The van der Waals surface area contributed by atoms with Gasteiger partial charge in [0.2, 0.25) is 5.92 Å². The highest BCUT2D eigenvalue weighted by molar-refractivity contribution is 9.10. The number of carbonyl (C=O) groups is 1. The van der Waals surface area contributed by atoms with Gasteiger partial charge >= 0.3 is 12.4 Å². The third kappa shape index (κ3) is 4.62. The summed E-state index contributed by atoms with van der Waals surface area (Å²) in [5.74, 6) is -5.59. The smallest absolute Gasteiger partial charge is 0.407 e. The fourth-order valence-corrected chi connectivity index (χ4v) is 2.26. The van der Waals surface area contributed by atoms with Gasteiger partial charge in [0.25, 0.3) is 0 Å². The van der Waals surface area contributed by atoms with E-state index >= 15 is 0 Å². The number of hydrogen-bond acceptors (Lipinski definition) is 2. The number of alkyl halides is 6. The molecule has 0 fully saturated rings. The molecule has 0 aliphatic rings. The van der Waals surface area contributed by atoms with E-state index < -0.39 is 30.5 Å². The zero-order chi connectivity index (χ0) is 16.4. The molecule has 0 atom stereocenters. The molecule has 0 radical (unpaired) electrons. The molecule has 0 aromatic heterocycles. The summed E-state index contributed by atoms with van der Waals surface area (Å²) in [6.07, 6.45) is -12.3. The van der Waals surface area contributed by atoms with Gasteiger partial charge in [0.05, 0.1) is 11.6 Å². The fraction of sp³-hybridized carbons (Fsp3) is 0.417. The predicted molar refractivity (Wildman–Crippen MR) is 65.0 cm³/mol. The average Bonchev–Trinajstić information content (AvgIpc) is 2.24. The van der Waals surface area contributed by atoms with Crippen molar-refractivity contribution in [1.29, 1.82) is 0 Å². The Morgan fingerprint density at radius 2 is 1.71 bits per heavy atom. The van der Waals surface area contributed by atoms with Crippen LogP contribution in [0.25, 0.3) is 0 Å². The minimum Gasteiger partial charge on any atom is -0.496 e. The van der Waals surface area contributed by atoms with E-state index in [1.165, 1.54) is 25.3 Å². The Morgan fingerprint density at radius 3 is 2.10 bits per heavy atom. The van der Waals surface area contributed by atoms with Crippen LogP contribution >= 0.6 is 15.9 Å². The summed E-state index contributed by atoms with van der Waals surface area (Å²) >= 11 is 3.03. The predicted octanol–water partition coefficient (Wildman–Crippen LogP) is 4.31. The van der Waals surface area contributed by atoms with E-state index in [0.717, 1.165) is 0 Å². The van der Waals surface area contributed by atoms with E-state index in [0.29, 0.717) is 10.2 Å². The van der Waals surface area contributed by atoms with Gasteiger partial charge < -0.3 is 4.74 Å². The van der Waals surface area contributed by atoms with Crippen LogP contribution in [0.15, 0.2) is 22.7 Å². The molecule has 0 amide bonds. The van der Waals surface area contributed by atoms with Crippen LogP contribution < -0.4 is 4.74 Å². The summed E-state index contributed by atoms with van der Waals surface area (Å²) in [7, 11) is 1.34. The second-order valence-electron chi connectivity index (χ2n) is 4.13. The number of methoxy groups -OCH3 is 1. The number of carbonyl (C=O) groups excluding carboxylic acids is 1. The zero-order valence-electron chi connectivity index (χ0n) is 10.5. The van der Waals surface area contributed by atoms with E-state index in [1.807, 2.05) is 0 Å². The molecule has 2 nitrogen and oxygen atoms in total. The average molecular weight is 379 g/mol. The van der Waals surface area contributed by atoms with Crippen molar-refractivity contribution in [2.24, 2.45) is 5.92 Å². The number of ether oxygens (including phenoxy) is 1. The minimum absolute atomic E-state index is 0.0196. The number of hydrogen-bond donors (Lipinski definition) is 0.